The normalized spacial score (nSPS) is 29.1. The van der Waals surface area contributed by atoms with E-state index in [1.165, 1.54) is 6.42 Å². The molecule has 3 nitrogen and oxygen atoms in total. The highest BCUT2D eigenvalue weighted by atomic mass is 16.3. The summed E-state index contributed by atoms with van der Waals surface area (Å²) in [7, 11) is 0. The van der Waals surface area contributed by atoms with Gasteiger partial charge in [0, 0.05) is 6.20 Å². The van der Waals surface area contributed by atoms with Crippen molar-refractivity contribution in [3.05, 3.63) is 18.2 Å². The zero-order valence-electron chi connectivity index (χ0n) is 7.98. The van der Waals surface area contributed by atoms with Crippen molar-refractivity contribution in [1.82, 2.24) is 9.55 Å². The van der Waals surface area contributed by atoms with Crippen molar-refractivity contribution in [1.29, 1.82) is 0 Å². The van der Waals surface area contributed by atoms with Gasteiger partial charge in [0.05, 0.1) is 24.2 Å². The maximum absolute atomic E-state index is 9.78. The predicted molar refractivity (Wildman–Crippen MR) is 50.5 cm³/mol. The molecule has 0 aliphatic heterocycles. The number of aliphatic hydroxyl groups excluding tert-OH is 1. The quantitative estimate of drug-likeness (QED) is 0.713. The molecule has 1 N–H and O–H groups in total. The Bertz CT molecular complexity index is 282. The van der Waals surface area contributed by atoms with Gasteiger partial charge in [0.15, 0.2) is 0 Å². The Morgan fingerprint density at radius 2 is 2.23 bits per heavy atom. The molecule has 0 aromatic carbocycles. The molecule has 0 spiro atoms. The molecular formula is C10H16N2O. The Labute approximate surface area is 78.4 Å². The van der Waals surface area contributed by atoms with E-state index < -0.39 is 0 Å². The van der Waals surface area contributed by atoms with Crippen LogP contribution in [-0.2, 0) is 0 Å². The van der Waals surface area contributed by atoms with Gasteiger partial charge in [-0.1, -0.05) is 12.8 Å². The Hall–Kier alpha value is -0.830. The third-order valence-corrected chi connectivity index (χ3v) is 2.81. The van der Waals surface area contributed by atoms with Crippen LogP contribution in [0.25, 0.3) is 0 Å². The lowest BCUT2D eigenvalue weighted by molar-refractivity contribution is 0.0754. The van der Waals surface area contributed by atoms with Crippen LogP contribution in [0.4, 0.5) is 0 Å². The standard InChI is InChI=1S/C10H16N2O/c1-8-6-12(7-11-8)9-4-2-3-5-10(9)13/h6-7,9-10,13H,2-5H2,1H3. The number of aromatic nitrogens is 2. The summed E-state index contributed by atoms with van der Waals surface area (Å²) in [6, 6.07) is 0.259. The molecule has 2 atom stereocenters. The molecule has 1 aliphatic rings. The maximum atomic E-state index is 9.78. The number of hydrogen-bond donors (Lipinski definition) is 1. The summed E-state index contributed by atoms with van der Waals surface area (Å²) < 4.78 is 2.05. The molecule has 2 unspecified atom stereocenters. The van der Waals surface area contributed by atoms with Gasteiger partial charge in [0.1, 0.15) is 0 Å². The number of aryl methyl sites for hydroxylation is 1. The van der Waals surface area contributed by atoms with Crippen LogP contribution in [0.1, 0.15) is 37.4 Å². The molecule has 72 valence electrons. The summed E-state index contributed by atoms with van der Waals surface area (Å²) >= 11 is 0. The number of aliphatic hydroxyl groups is 1. The van der Waals surface area contributed by atoms with Crippen LogP contribution in [0.5, 0.6) is 0 Å². The molecule has 1 aromatic rings. The molecule has 2 rings (SSSR count). The van der Waals surface area contributed by atoms with E-state index in [9.17, 15) is 5.11 Å². The van der Waals surface area contributed by atoms with E-state index in [2.05, 4.69) is 9.55 Å². The van der Waals surface area contributed by atoms with Crippen molar-refractivity contribution >= 4 is 0 Å². The van der Waals surface area contributed by atoms with Crippen molar-refractivity contribution in [2.75, 3.05) is 0 Å². The zero-order chi connectivity index (χ0) is 9.26. The summed E-state index contributed by atoms with van der Waals surface area (Å²) in [5.41, 5.74) is 1.03. The number of hydrogen-bond acceptors (Lipinski definition) is 2. The first-order valence-corrected chi connectivity index (χ1v) is 4.95. The fourth-order valence-corrected chi connectivity index (χ4v) is 2.06. The molecular weight excluding hydrogens is 164 g/mol. The van der Waals surface area contributed by atoms with Gasteiger partial charge in [-0.25, -0.2) is 4.98 Å². The summed E-state index contributed by atoms with van der Waals surface area (Å²) in [6.45, 7) is 1.98. The van der Waals surface area contributed by atoms with Crippen LogP contribution in [0.3, 0.4) is 0 Å². The van der Waals surface area contributed by atoms with Gasteiger partial charge >= 0.3 is 0 Å². The smallest absolute Gasteiger partial charge is 0.0952 e. The van der Waals surface area contributed by atoms with Crippen molar-refractivity contribution in [3.8, 4) is 0 Å². The summed E-state index contributed by atoms with van der Waals surface area (Å²) in [6.07, 6.45) is 8.05. The Morgan fingerprint density at radius 1 is 1.46 bits per heavy atom. The first-order chi connectivity index (χ1) is 6.27. The van der Waals surface area contributed by atoms with Crippen LogP contribution < -0.4 is 0 Å². The van der Waals surface area contributed by atoms with Crippen molar-refractivity contribution in [2.24, 2.45) is 0 Å². The lowest BCUT2D eigenvalue weighted by Gasteiger charge is -2.28. The Morgan fingerprint density at radius 3 is 2.85 bits per heavy atom. The number of rotatable bonds is 1. The van der Waals surface area contributed by atoms with Gasteiger partial charge < -0.3 is 9.67 Å². The first-order valence-electron chi connectivity index (χ1n) is 4.95. The SMILES string of the molecule is Cc1cn(C2CCCCC2O)cn1. The van der Waals surface area contributed by atoms with Crippen LogP contribution in [0.15, 0.2) is 12.5 Å². The average Bonchev–Trinajstić information content (AvgIpc) is 2.53. The molecule has 3 heteroatoms. The predicted octanol–water partition coefficient (Wildman–Crippen LogP) is 1.67. The van der Waals surface area contributed by atoms with E-state index in [1.54, 1.807) is 0 Å². The minimum Gasteiger partial charge on any atom is -0.391 e. The number of imidazole rings is 1. The van der Waals surface area contributed by atoms with Crippen molar-refractivity contribution in [2.45, 2.75) is 44.8 Å². The van der Waals surface area contributed by atoms with E-state index in [0.29, 0.717) is 0 Å². The second-order valence-corrected chi connectivity index (χ2v) is 3.88. The molecule has 0 radical (unpaired) electrons. The first kappa shape index (κ1) is 8.75. The lowest BCUT2D eigenvalue weighted by atomic mass is 9.92. The zero-order valence-corrected chi connectivity index (χ0v) is 7.98. The fourth-order valence-electron chi connectivity index (χ4n) is 2.06. The van der Waals surface area contributed by atoms with Crippen molar-refractivity contribution in [3.63, 3.8) is 0 Å². The maximum Gasteiger partial charge on any atom is 0.0952 e. The summed E-state index contributed by atoms with van der Waals surface area (Å²) in [5, 5.41) is 9.78. The van der Waals surface area contributed by atoms with Crippen LogP contribution >= 0.6 is 0 Å². The molecule has 1 saturated carbocycles. The monoisotopic (exact) mass is 180 g/mol. The highest BCUT2D eigenvalue weighted by Crippen LogP contribution is 2.28. The Balaban J connectivity index is 2.14. The topological polar surface area (TPSA) is 38.0 Å². The van der Waals surface area contributed by atoms with Gasteiger partial charge in [-0.05, 0) is 19.8 Å². The van der Waals surface area contributed by atoms with Crippen LogP contribution in [-0.4, -0.2) is 20.8 Å². The van der Waals surface area contributed by atoms with Crippen molar-refractivity contribution < 1.29 is 5.11 Å². The summed E-state index contributed by atoms with van der Waals surface area (Å²) in [4.78, 5) is 4.18. The molecule has 0 saturated heterocycles. The molecule has 1 heterocycles. The summed E-state index contributed by atoms with van der Waals surface area (Å²) in [5.74, 6) is 0. The van der Waals surface area contributed by atoms with E-state index in [1.807, 2.05) is 19.4 Å². The second-order valence-electron chi connectivity index (χ2n) is 3.88. The highest BCUT2D eigenvalue weighted by Gasteiger charge is 2.23. The van der Waals surface area contributed by atoms with E-state index in [0.717, 1.165) is 25.0 Å². The van der Waals surface area contributed by atoms with E-state index in [4.69, 9.17) is 0 Å². The number of nitrogens with zero attached hydrogens (tertiary/aromatic N) is 2. The highest BCUT2D eigenvalue weighted by molar-refractivity contribution is 4.96. The molecule has 0 bridgehead atoms. The minimum atomic E-state index is -0.178. The van der Waals surface area contributed by atoms with Gasteiger partial charge in [0.2, 0.25) is 0 Å². The minimum absolute atomic E-state index is 0.178. The van der Waals surface area contributed by atoms with Crippen LogP contribution in [0.2, 0.25) is 0 Å². The molecule has 13 heavy (non-hydrogen) atoms. The third kappa shape index (κ3) is 1.75. The van der Waals surface area contributed by atoms with Gasteiger partial charge in [0.25, 0.3) is 0 Å². The molecule has 1 aliphatic carbocycles. The lowest BCUT2D eigenvalue weighted by Crippen LogP contribution is -2.26. The Kier molecular flexibility index (Phi) is 2.36. The largest absolute Gasteiger partial charge is 0.391 e. The van der Waals surface area contributed by atoms with Crippen LogP contribution in [0, 0.1) is 6.92 Å². The molecule has 1 aromatic heterocycles. The van der Waals surface area contributed by atoms with Gasteiger partial charge in [-0.2, -0.15) is 0 Å². The fraction of sp³-hybridized carbons (Fsp3) is 0.700. The van der Waals surface area contributed by atoms with Gasteiger partial charge in [-0.3, -0.25) is 0 Å². The average molecular weight is 180 g/mol. The van der Waals surface area contributed by atoms with E-state index in [-0.39, 0.29) is 12.1 Å². The molecule has 1 fully saturated rings. The second kappa shape index (κ2) is 3.50. The third-order valence-electron chi connectivity index (χ3n) is 2.81. The van der Waals surface area contributed by atoms with E-state index >= 15 is 0 Å². The van der Waals surface area contributed by atoms with Gasteiger partial charge in [-0.15, -0.1) is 0 Å². The molecule has 0 amide bonds.